The molecule has 0 aromatic heterocycles. The first-order chi connectivity index (χ1) is 14.1. The van der Waals surface area contributed by atoms with Gasteiger partial charge in [-0.2, -0.15) is 5.48 Å². The number of benzene rings is 2. The highest BCUT2D eigenvalue weighted by molar-refractivity contribution is 7.80. The third-order valence-electron chi connectivity index (χ3n) is 4.85. The third-order valence-corrected chi connectivity index (χ3v) is 5.45. The van der Waals surface area contributed by atoms with E-state index < -0.39 is 35.9 Å². The molecule has 1 unspecified atom stereocenters. The first-order valence-electron chi connectivity index (χ1n) is 8.99. The first-order valence-corrected chi connectivity index (χ1v) is 11.5. The third kappa shape index (κ3) is 5.22. The quantitative estimate of drug-likeness (QED) is 0.342. The predicted molar refractivity (Wildman–Crippen MR) is 103 cm³/mol. The molecule has 11 heteroatoms. The SMILES string of the molecule is O=C(OP(=O)(O)Cl)C1(NOCc2ccc(-c3ccc(F)c(F)c3F)cc2)CCCC1. The molecule has 1 saturated carbocycles. The van der Waals surface area contributed by atoms with E-state index >= 15 is 0 Å². The summed E-state index contributed by atoms with van der Waals surface area (Å²) in [7, 11) is 0. The van der Waals surface area contributed by atoms with Crippen molar-refractivity contribution in [2.45, 2.75) is 37.8 Å². The van der Waals surface area contributed by atoms with E-state index in [-0.39, 0.29) is 12.2 Å². The van der Waals surface area contributed by atoms with Gasteiger partial charge in [0.05, 0.1) is 6.61 Å². The van der Waals surface area contributed by atoms with Gasteiger partial charge in [0.15, 0.2) is 17.5 Å². The number of hydroxylamine groups is 1. The second-order valence-electron chi connectivity index (χ2n) is 6.93. The minimum absolute atomic E-state index is 0.00717. The molecule has 2 N–H and O–H groups in total. The van der Waals surface area contributed by atoms with Gasteiger partial charge in [0.25, 0.3) is 0 Å². The molecule has 0 bridgehead atoms. The van der Waals surface area contributed by atoms with Crippen molar-refractivity contribution in [2.24, 2.45) is 0 Å². The number of hydrogen-bond donors (Lipinski definition) is 2. The lowest BCUT2D eigenvalue weighted by molar-refractivity contribution is -0.150. The Hall–Kier alpha value is -1.90. The van der Waals surface area contributed by atoms with Gasteiger partial charge >= 0.3 is 12.9 Å². The van der Waals surface area contributed by atoms with Crippen molar-refractivity contribution < 1.29 is 36.8 Å². The van der Waals surface area contributed by atoms with Crippen LogP contribution in [-0.2, 0) is 25.3 Å². The van der Waals surface area contributed by atoms with Crippen LogP contribution in [0.5, 0.6) is 0 Å². The summed E-state index contributed by atoms with van der Waals surface area (Å²) >= 11 is 5.12. The van der Waals surface area contributed by atoms with Gasteiger partial charge in [0, 0.05) is 16.8 Å². The minimum atomic E-state index is -4.51. The van der Waals surface area contributed by atoms with Crippen LogP contribution >= 0.6 is 18.2 Å². The van der Waals surface area contributed by atoms with E-state index in [0.717, 1.165) is 12.1 Å². The van der Waals surface area contributed by atoms with Crippen molar-refractivity contribution in [3.8, 4) is 11.1 Å². The van der Waals surface area contributed by atoms with Crippen LogP contribution in [0, 0.1) is 17.5 Å². The maximum atomic E-state index is 13.9. The van der Waals surface area contributed by atoms with Crippen molar-refractivity contribution in [3.63, 3.8) is 0 Å². The zero-order valence-corrected chi connectivity index (χ0v) is 17.2. The molecule has 0 heterocycles. The van der Waals surface area contributed by atoms with Crippen LogP contribution in [0.4, 0.5) is 13.2 Å². The van der Waals surface area contributed by atoms with Crippen LogP contribution in [0.15, 0.2) is 36.4 Å². The van der Waals surface area contributed by atoms with Crippen molar-refractivity contribution in [2.75, 3.05) is 0 Å². The smallest absolute Gasteiger partial charge is 0.379 e. The second-order valence-corrected chi connectivity index (χ2v) is 9.30. The van der Waals surface area contributed by atoms with Crippen molar-refractivity contribution in [1.29, 1.82) is 0 Å². The van der Waals surface area contributed by atoms with Gasteiger partial charge in [0.1, 0.15) is 5.54 Å². The van der Waals surface area contributed by atoms with E-state index in [4.69, 9.17) is 21.0 Å². The first kappa shape index (κ1) is 22.8. The summed E-state index contributed by atoms with van der Waals surface area (Å²) in [5.74, 6) is -5.05. The molecule has 1 fully saturated rings. The number of carbonyl (C=O) groups excluding carboxylic acids is 1. The molecule has 0 radical (unpaired) electrons. The number of rotatable bonds is 7. The summed E-state index contributed by atoms with van der Waals surface area (Å²) in [6.45, 7) is -4.50. The molecule has 30 heavy (non-hydrogen) atoms. The Morgan fingerprint density at radius 1 is 1.10 bits per heavy atom. The Kier molecular flexibility index (Phi) is 6.89. The van der Waals surface area contributed by atoms with Crippen molar-refractivity contribution in [1.82, 2.24) is 5.48 Å². The molecule has 1 aliphatic carbocycles. The molecule has 2 aromatic carbocycles. The summed E-state index contributed by atoms with van der Waals surface area (Å²) in [5, 5.41) is 0. The van der Waals surface area contributed by atoms with E-state index in [9.17, 15) is 22.5 Å². The monoisotopic (exact) mass is 463 g/mol. The minimum Gasteiger partial charge on any atom is -0.379 e. The fourth-order valence-electron chi connectivity index (χ4n) is 3.30. The average molecular weight is 464 g/mol. The fraction of sp³-hybridized carbons (Fsp3) is 0.316. The lowest BCUT2D eigenvalue weighted by Crippen LogP contribution is -2.50. The second kappa shape index (κ2) is 9.08. The number of carbonyl (C=O) groups is 1. The average Bonchev–Trinajstić information content (AvgIpc) is 3.16. The molecule has 2 aromatic rings. The molecule has 162 valence electrons. The number of nitrogens with one attached hydrogen (secondary N) is 1. The van der Waals surface area contributed by atoms with Crippen LogP contribution < -0.4 is 5.48 Å². The number of halogens is 4. The van der Waals surface area contributed by atoms with Crippen LogP contribution in [-0.4, -0.2) is 16.4 Å². The molecule has 1 atom stereocenters. The Morgan fingerprint density at radius 3 is 2.33 bits per heavy atom. The summed E-state index contributed by atoms with van der Waals surface area (Å²) in [5.41, 5.74) is 2.25. The molecule has 0 amide bonds. The predicted octanol–water partition coefficient (Wildman–Crippen LogP) is 4.99. The van der Waals surface area contributed by atoms with E-state index in [1.165, 1.54) is 12.1 Å². The molecular weight excluding hydrogens is 446 g/mol. The maximum absolute atomic E-state index is 13.9. The molecule has 3 rings (SSSR count). The normalized spacial score (nSPS) is 17.5. The Morgan fingerprint density at radius 2 is 1.73 bits per heavy atom. The van der Waals surface area contributed by atoms with Gasteiger partial charge < -0.3 is 9.42 Å². The summed E-state index contributed by atoms with van der Waals surface area (Å²) < 4.78 is 56.0. The molecule has 6 nitrogen and oxygen atoms in total. The van der Waals surface area contributed by atoms with Crippen LogP contribution in [0.3, 0.4) is 0 Å². The Bertz CT molecular complexity index is 977. The van der Waals surface area contributed by atoms with Crippen molar-refractivity contribution in [3.05, 3.63) is 59.4 Å². The number of hydrogen-bond acceptors (Lipinski definition) is 5. The van der Waals surface area contributed by atoms with Crippen LogP contribution in [0.2, 0.25) is 0 Å². The standard InChI is InChI=1S/C19H18ClF3NO5P/c20-30(26,27)29-18(25)19(9-1-2-10-19)24-28-11-12-3-5-13(6-4-12)14-7-8-15(21)17(23)16(14)22/h3-8,24H,1-2,9-11H2,(H,26,27). The van der Waals surface area contributed by atoms with Crippen molar-refractivity contribution >= 4 is 24.2 Å². The topological polar surface area (TPSA) is 84.9 Å². The summed E-state index contributed by atoms with van der Waals surface area (Å²) in [4.78, 5) is 26.7. The van der Waals surface area contributed by atoms with E-state index in [2.05, 4.69) is 10.0 Å². The van der Waals surface area contributed by atoms with Crippen LogP contribution in [0.1, 0.15) is 31.2 Å². The highest BCUT2D eigenvalue weighted by Crippen LogP contribution is 2.49. The van der Waals surface area contributed by atoms with Gasteiger partial charge in [-0.05, 0) is 36.1 Å². The molecule has 1 aliphatic rings. The van der Waals surface area contributed by atoms with Gasteiger partial charge in [-0.25, -0.2) is 22.5 Å². The molecular formula is C19H18ClF3NO5P. The zero-order chi connectivity index (χ0) is 21.9. The van der Waals surface area contributed by atoms with E-state index in [1.807, 2.05) is 0 Å². The highest BCUT2D eigenvalue weighted by atomic mass is 35.7. The fourth-order valence-corrected chi connectivity index (χ4v) is 3.87. The van der Waals surface area contributed by atoms with Gasteiger partial charge in [-0.1, -0.05) is 37.1 Å². The highest BCUT2D eigenvalue weighted by Gasteiger charge is 2.45. The van der Waals surface area contributed by atoms with E-state index in [0.29, 0.717) is 36.8 Å². The van der Waals surface area contributed by atoms with Gasteiger partial charge in [-0.3, -0.25) is 4.84 Å². The zero-order valence-electron chi connectivity index (χ0n) is 15.5. The largest absolute Gasteiger partial charge is 0.476 e. The molecule has 0 aliphatic heterocycles. The Balaban J connectivity index is 1.64. The maximum Gasteiger partial charge on any atom is 0.476 e. The molecule has 0 spiro atoms. The summed E-state index contributed by atoms with van der Waals surface area (Å²) in [6, 6.07) is 8.22. The van der Waals surface area contributed by atoms with Crippen LogP contribution in [0.25, 0.3) is 11.1 Å². The van der Waals surface area contributed by atoms with Gasteiger partial charge in [-0.15, -0.1) is 0 Å². The lowest BCUT2D eigenvalue weighted by Gasteiger charge is -2.27. The summed E-state index contributed by atoms with van der Waals surface area (Å²) in [6.07, 6.45) is 2.07. The lowest BCUT2D eigenvalue weighted by atomic mass is 10.00. The van der Waals surface area contributed by atoms with Gasteiger partial charge in [0.2, 0.25) is 0 Å². The molecule has 0 saturated heterocycles. The Labute approximate surface area is 175 Å². The van der Waals surface area contributed by atoms with E-state index in [1.54, 1.807) is 12.1 Å².